The van der Waals surface area contributed by atoms with Crippen molar-refractivity contribution in [2.45, 2.75) is 44.7 Å². The molecule has 1 heterocycles. The Bertz CT molecular complexity index is 639. The van der Waals surface area contributed by atoms with Gasteiger partial charge in [0.15, 0.2) is 0 Å². The van der Waals surface area contributed by atoms with E-state index in [-0.39, 0.29) is 12.1 Å². The van der Waals surface area contributed by atoms with E-state index >= 15 is 0 Å². The van der Waals surface area contributed by atoms with Gasteiger partial charge in [0.2, 0.25) is 0 Å². The maximum atomic E-state index is 12.5. The molecule has 3 rings (SSSR count). The van der Waals surface area contributed by atoms with Crippen molar-refractivity contribution in [3.63, 3.8) is 0 Å². The average molecular weight is 381 g/mol. The van der Waals surface area contributed by atoms with Crippen LogP contribution in [0.3, 0.4) is 0 Å². The highest BCUT2D eigenvalue weighted by Crippen LogP contribution is 2.22. The molecule has 1 aliphatic carbocycles. The van der Waals surface area contributed by atoms with E-state index in [1.54, 1.807) is 0 Å². The van der Waals surface area contributed by atoms with Gasteiger partial charge in [-0.05, 0) is 24.9 Å². The lowest BCUT2D eigenvalue weighted by atomic mass is 10.0. The summed E-state index contributed by atoms with van der Waals surface area (Å²) in [6, 6.07) is 10.4. The molecule has 0 aromatic heterocycles. The van der Waals surface area contributed by atoms with E-state index in [0.29, 0.717) is 6.54 Å². The molecule has 0 radical (unpaired) electrons. The zero-order valence-corrected chi connectivity index (χ0v) is 16.5. The van der Waals surface area contributed by atoms with E-state index in [1.807, 2.05) is 18.2 Å². The molecule has 2 fully saturated rings. The van der Waals surface area contributed by atoms with E-state index in [9.17, 15) is 8.42 Å². The number of rotatable bonds is 8. The SMILES string of the molecule is CCN1CCN(C(CNS(=O)(=O)NC2CCCC2)c2ccccc2)CC1. The van der Waals surface area contributed by atoms with Crippen LogP contribution in [0.15, 0.2) is 30.3 Å². The Kier molecular flexibility index (Phi) is 7.05. The van der Waals surface area contributed by atoms with Crippen LogP contribution in [0.2, 0.25) is 0 Å². The second-order valence-electron chi connectivity index (χ2n) is 7.35. The highest BCUT2D eigenvalue weighted by Gasteiger charge is 2.27. The van der Waals surface area contributed by atoms with Gasteiger partial charge in [0.25, 0.3) is 10.2 Å². The summed E-state index contributed by atoms with van der Waals surface area (Å²) in [4.78, 5) is 4.84. The fourth-order valence-electron chi connectivity index (χ4n) is 4.02. The summed E-state index contributed by atoms with van der Waals surface area (Å²) < 4.78 is 30.5. The molecule has 0 bridgehead atoms. The summed E-state index contributed by atoms with van der Waals surface area (Å²) >= 11 is 0. The van der Waals surface area contributed by atoms with Crippen LogP contribution in [0.4, 0.5) is 0 Å². The first-order valence-electron chi connectivity index (χ1n) is 9.85. The van der Waals surface area contributed by atoms with Crippen molar-refractivity contribution in [1.29, 1.82) is 0 Å². The zero-order valence-electron chi connectivity index (χ0n) is 15.7. The van der Waals surface area contributed by atoms with Crippen LogP contribution in [0.5, 0.6) is 0 Å². The number of hydrogen-bond donors (Lipinski definition) is 2. The Balaban J connectivity index is 1.64. The Morgan fingerprint density at radius 3 is 2.35 bits per heavy atom. The number of nitrogens with one attached hydrogen (secondary N) is 2. The second-order valence-corrected chi connectivity index (χ2v) is 8.88. The molecule has 7 heteroatoms. The second kappa shape index (κ2) is 9.28. The molecule has 1 aliphatic heterocycles. The van der Waals surface area contributed by atoms with Gasteiger partial charge in [-0.25, -0.2) is 4.72 Å². The highest BCUT2D eigenvalue weighted by atomic mass is 32.2. The molecule has 1 saturated carbocycles. The molecule has 2 N–H and O–H groups in total. The first-order valence-corrected chi connectivity index (χ1v) is 11.3. The molecule has 0 spiro atoms. The van der Waals surface area contributed by atoms with E-state index < -0.39 is 10.2 Å². The van der Waals surface area contributed by atoms with Crippen molar-refractivity contribution < 1.29 is 8.42 Å². The third-order valence-corrected chi connectivity index (χ3v) is 6.81. The van der Waals surface area contributed by atoms with Gasteiger partial charge in [-0.15, -0.1) is 0 Å². The first kappa shape index (κ1) is 19.8. The minimum absolute atomic E-state index is 0.0651. The quantitative estimate of drug-likeness (QED) is 0.721. The fraction of sp³-hybridized carbons (Fsp3) is 0.684. The van der Waals surface area contributed by atoms with Gasteiger partial charge in [-0.1, -0.05) is 50.1 Å². The van der Waals surface area contributed by atoms with Gasteiger partial charge < -0.3 is 4.90 Å². The predicted octanol–water partition coefficient (Wildman–Crippen LogP) is 1.73. The number of nitrogens with zero attached hydrogens (tertiary/aromatic N) is 2. The lowest BCUT2D eigenvalue weighted by molar-refractivity contribution is 0.100. The van der Waals surface area contributed by atoms with Crippen LogP contribution in [-0.4, -0.2) is 63.5 Å². The summed E-state index contributed by atoms with van der Waals surface area (Å²) in [5.41, 5.74) is 1.17. The summed E-state index contributed by atoms with van der Waals surface area (Å²) in [6.07, 6.45) is 4.12. The largest absolute Gasteiger partial charge is 0.301 e. The summed E-state index contributed by atoms with van der Waals surface area (Å²) in [5.74, 6) is 0. The summed E-state index contributed by atoms with van der Waals surface area (Å²) in [7, 11) is -3.46. The van der Waals surface area contributed by atoms with Gasteiger partial charge in [0, 0.05) is 44.8 Å². The molecule has 1 unspecified atom stereocenters. The standard InChI is InChI=1S/C19H32N4O2S/c1-2-22-12-14-23(15-13-22)19(17-8-4-3-5-9-17)16-20-26(24,25)21-18-10-6-7-11-18/h3-5,8-9,18-21H,2,6-7,10-16H2,1H3. The predicted molar refractivity (Wildman–Crippen MR) is 105 cm³/mol. The number of benzene rings is 1. The third kappa shape index (κ3) is 5.50. The lowest BCUT2D eigenvalue weighted by Gasteiger charge is -2.39. The molecule has 6 nitrogen and oxygen atoms in total. The van der Waals surface area contributed by atoms with Crippen LogP contribution in [-0.2, 0) is 10.2 Å². The van der Waals surface area contributed by atoms with Gasteiger partial charge in [-0.2, -0.15) is 13.1 Å². The van der Waals surface area contributed by atoms with Crippen LogP contribution < -0.4 is 9.44 Å². The van der Waals surface area contributed by atoms with Crippen molar-refractivity contribution >= 4 is 10.2 Å². The molecule has 1 aromatic rings. The smallest absolute Gasteiger partial charge is 0.277 e. The van der Waals surface area contributed by atoms with Crippen molar-refractivity contribution in [1.82, 2.24) is 19.2 Å². The highest BCUT2D eigenvalue weighted by molar-refractivity contribution is 7.87. The normalized spacial score (nSPS) is 21.9. The van der Waals surface area contributed by atoms with Gasteiger partial charge in [0.05, 0.1) is 0 Å². The van der Waals surface area contributed by atoms with E-state index in [2.05, 4.69) is 38.3 Å². The Morgan fingerprint density at radius 1 is 1.08 bits per heavy atom. The monoisotopic (exact) mass is 380 g/mol. The zero-order chi connectivity index (χ0) is 18.4. The molecule has 0 amide bonds. The van der Waals surface area contributed by atoms with Crippen molar-refractivity contribution in [3.8, 4) is 0 Å². The third-order valence-electron chi connectivity index (χ3n) is 5.62. The van der Waals surface area contributed by atoms with Crippen LogP contribution >= 0.6 is 0 Å². The lowest BCUT2D eigenvalue weighted by Crippen LogP contribution is -2.50. The maximum Gasteiger partial charge on any atom is 0.277 e. The van der Waals surface area contributed by atoms with Crippen molar-refractivity contribution in [2.24, 2.45) is 0 Å². The fourth-order valence-corrected chi connectivity index (χ4v) is 5.15. The van der Waals surface area contributed by atoms with E-state index in [4.69, 9.17) is 0 Å². The van der Waals surface area contributed by atoms with Crippen molar-refractivity contribution in [3.05, 3.63) is 35.9 Å². The van der Waals surface area contributed by atoms with Crippen LogP contribution in [0.1, 0.15) is 44.2 Å². The molecule has 1 saturated heterocycles. The Labute approximate surface area is 158 Å². The molecule has 2 aliphatic rings. The molecule has 1 aromatic carbocycles. The van der Waals surface area contributed by atoms with Crippen LogP contribution in [0, 0.1) is 0 Å². The van der Waals surface area contributed by atoms with E-state index in [0.717, 1.165) is 58.4 Å². The molecule has 146 valence electrons. The topological polar surface area (TPSA) is 64.7 Å². The molecule has 1 atom stereocenters. The van der Waals surface area contributed by atoms with E-state index in [1.165, 1.54) is 5.56 Å². The summed E-state index contributed by atoms with van der Waals surface area (Å²) in [5, 5.41) is 0. The Hall–Kier alpha value is -0.990. The molecule has 26 heavy (non-hydrogen) atoms. The number of piperazine rings is 1. The number of hydrogen-bond acceptors (Lipinski definition) is 4. The number of likely N-dealkylation sites (N-methyl/N-ethyl adjacent to an activating group) is 1. The maximum absolute atomic E-state index is 12.5. The van der Waals surface area contributed by atoms with Gasteiger partial charge in [-0.3, -0.25) is 4.90 Å². The van der Waals surface area contributed by atoms with Crippen LogP contribution in [0.25, 0.3) is 0 Å². The Morgan fingerprint density at radius 2 is 1.73 bits per heavy atom. The average Bonchev–Trinajstić information content (AvgIpc) is 3.15. The minimum atomic E-state index is -3.46. The molecular weight excluding hydrogens is 348 g/mol. The first-order chi connectivity index (χ1) is 12.6. The van der Waals surface area contributed by atoms with Gasteiger partial charge >= 0.3 is 0 Å². The molecular formula is C19H32N4O2S. The van der Waals surface area contributed by atoms with Gasteiger partial charge in [0.1, 0.15) is 0 Å². The van der Waals surface area contributed by atoms with Crippen molar-refractivity contribution in [2.75, 3.05) is 39.3 Å². The minimum Gasteiger partial charge on any atom is -0.301 e. The summed E-state index contributed by atoms with van der Waals surface area (Å²) in [6.45, 7) is 7.66.